The fourth-order valence-corrected chi connectivity index (χ4v) is 2.51. The van der Waals surface area contributed by atoms with Gasteiger partial charge < -0.3 is 5.32 Å². The molecule has 3 rings (SSSR count). The summed E-state index contributed by atoms with van der Waals surface area (Å²) in [6.07, 6.45) is 3.60. The molecule has 0 fully saturated rings. The van der Waals surface area contributed by atoms with Crippen LogP contribution in [0.4, 0.5) is 10.1 Å². The topological polar surface area (TPSA) is 29.9 Å². The van der Waals surface area contributed by atoms with Gasteiger partial charge in [-0.15, -0.1) is 0 Å². The van der Waals surface area contributed by atoms with E-state index in [1.165, 1.54) is 6.07 Å². The van der Waals surface area contributed by atoms with Gasteiger partial charge in [0.25, 0.3) is 0 Å². The lowest BCUT2D eigenvalue weighted by Crippen LogP contribution is -2.06. The maximum Gasteiger partial charge on any atom is 0.128 e. The number of hydrogen-bond acceptors (Lipinski definition) is 2. The van der Waals surface area contributed by atoms with Crippen molar-refractivity contribution in [2.75, 3.05) is 5.32 Å². The molecule has 0 amide bonds. The standard InChI is InChI=1S/C16H13BrFN3/c17-13-6-7-14(18)12(10-13)11-19-15-4-1-2-5-16(15)21-9-3-8-20-21/h1-10,19H,11H2. The predicted molar refractivity (Wildman–Crippen MR) is 85.0 cm³/mol. The van der Waals surface area contributed by atoms with E-state index in [9.17, 15) is 4.39 Å². The number of benzene rings is 2. The van der Waals surface area contributed by atoms with Gasteiger partial charge in [-0.3, -0.25) is 0 Å². The van der Waals surface area contributed by atoms with Gasteiger partial charge in [-0.05, 0) is 36.4 Å². The lowest BCUT2D eigenvalue weighted by Gasteiger charge is -2.12. The van der Waals surface area contributed by atoms with Crippen LogP contribution in [0.2, 0.25) is 0 Å². The maximum atomic E-state index is 13.8. The minimum atomic E-state index is -0.220. The Labute approximate surface area is 130 Å². The van der Waals surface area contributed by atoms with Gasteiger partial charge in [0.15, 0.2) is 0 Å². The molecule has 0 radical (unpaired) electrons. The number of anilines is 1. The fraction of sp³-hybridized carbons (Fsp3) is 0.0625. The summed E-state index contributed by atoms with van der Waals surface area (Å²) in [5.41, 5.74) is 2.44. The van der Waals surface area contributed by atoms with Gasteiger partial charge >= 0.3 is 0 Å². The predicted octanol–water partition coefficient (Wildman–Crippen LogP) is 4.39. The largest absolute Gasteiger partial charge is 0.379 e. The third-order valence-electron chi connectivity index (χ3n) is 3.13. The summed E-state index contributed by atoms with van der Waals surface area (Å²) < 4.78 is 16.4. The highest BCUT2D eigenvalue weighted by Gasteiger charge is 2.06. The highest BCUT2D eigenvalue weighted by atomic mass is 79.9. The first-order valence-corrected chi connectivity index (χ1v) is 7.30. The molecule has 0 aliphatic carbocycles. The zero-order valence-corrected chi connectivity index (χ0v) is 12.7. The molecule has 21 heavy (non-hydrogen) atoms. The molecule has 3 nitrogen and oxygen atoms in total. The first kappa shape index (κ1) is 13.8. The van der Waals surface area contributed by atoms with Crippen LogP contribution in [0.3, 0.4) is 0 Å². The van der Waals surface area contributed by atoms with E-state index in [0.29, 0.717) is 12.1 Å². The molecule has 0 saturated heterocycles. The molecule has 106 valence electrons. The number of nitrogens with one attached hydrogen (secondary N) is 1. The number of rotatable bonds is 4. The SMILES string of the molecule is Fc1ccc(Br)cc1CNc1ccccc1-n1cccn1. The number of para-hydroxylation sites is 2. The first-order chi connectivity index (χ1) is 10.2. The molecular formula is C16H13BrFN3. The lowest BCUT2D eigenvalue weighted by molar-refractivity contribution is 0.612. The van der Waals surface area contributed by atoms with Crippen molar-refractivity contribution in [1.82, 2.24) is 9.78 Å². The van der Waals surface area contributed by atoms with Gasteiger partial charge in [-0.1, -0.05) is 28.1 Å². The van der Waals surface area contributed by atoms with Gasteiger partial charge in [0.05, 0.1) is 11.4 Å². The first-order valence-electron chi connectivity index (χ1n) is 6.51. The van der Waals surface area contributed by atoms with Crippen molar-refractivity contribution in [2.24, 2.45) is 0 Å². The highest BCUT2D eigenvalue weighted by molar-refractivity contribution is 9.10. The molecule has 0 saturated carbocycles. The van der Waals surface area contributed by atoms with E-state index in [-0.39, 0.29) is 5.82 Å². The van der Waals surface area contributed by atoms with Crippen molar-refractivity contribution >= 4 is 21.6 Å². The molecule has 0 aliphatic heterocycles. The number of halogens is 2. The highest BCUT2D eigenvalue weighted by Crippen LogP contribution is 2.21. The smallest absolute Gasteiger partial charge is 0.128 e. The normalized spacial score (nSPS) is 10.6. The van der Waals surface area contributed by atoms with Gasteiger partial charge in [-0.25, -0.2) is 9.07 Å². The number of aromatic nitrogens is 2. The van der Waals surface area contributed by atoms with Crippen LogP contribution in [0.1, 0.15) is 5.56 Å². The Morgan fingerprint density at radius 1 is 1.14 bits per heavy atom. The summed E-state index contributed by atoms with van der Waals surface area (Å²) in [5, 5.41) is 7.49. The third-order valence-corrected chi connectivity index (χ3v) is 3.63. The minimum Gasteiger partial charge on any atom is -0.379 e. The summed E-state index contributed by atoms with van der Waals surface area (Å²) in [6, 6.07) is 14.6. The molecule has 2 aromatic carbocycles. The van der Waals surface area contributed by atoms with Crippen LogP contribution in [-0.2, 0) is 6.54 Å². The average molecular weight is 346 g/mol. The van der Waals surface area contributed by atoms with Crippen LogP contribution >= 0.6 is 15.9 Å². The van der Waals surface area contributed by atoms with E-state index in [1.807, 2.05) is 36.5 Å². The minimum absolute atomic E-state index is 0.220. The Bertz CT molecular complexity index is 741. The van der Waals surface area contributed by atoms with E-state index in [4.69, 9.17) is 0 Å². The van der Waals surface area contributed by atoms with Crippen molar-refractivity contribution in [2.45, 2.75) is 6.54 Å². The third kappa shape index (κ3) is 3.13. The summed E-state index contributed by atoms with van der Waals surface area (Å²) in [5.74, 6) is -0.220. The molecule has 1 aromatic heterocycles. The van der Waals surface area contributed by atoms with Crippen LogP contribution in [-0.4, -0.2) is 9.78 Å². The van der Waals surface area contributed by atoms with Crippen LogP contribution in [0, 0.1) is 5.82 Å². The van der Waals surface area contributed by atoms with E-state index in [0.717, 1.165) is 15.8 Å². The monoisotopic (exact) mass is 345 g/mol. The quantitative estimate of drug-likeness (QED) is 0.760. The summed E-state index contributed by atoms with van der Waals surface area (Å²) in [6.45, 7) is 0.406. The molecule has 1 N–H and O–H groups in total. The van der Waals surface area contributed by atoms with Crippen LogP contribution in [0.25, 0.3) is 5.69 Å². The number of nitrogens with zero attached hydrogens (tertiary/aromatic N) is 2. The van der Waals surface area contributed by atoms with Crippen molar-refractivity contribution in [3.8, 4) is 5.69 Å². The van der Waals surface area contributed by atoms with E-state index < -0.39 is 0 Å². The summed E-state index contributed by atoms with van der Waals surface area (Å²) in [7, 11) is 0. The molecular weight excluding hydrogens is 333 g/mol. The Hall–Kier alpha value is -2.14. The zero-order valence-electron chi connectivity index (χ0n) is 11.1. The summed E-state index contributed by atoms with van der Waals surface area (Å²) >= 11 is 3.36. The number of hydrogen-bond donors (Lipinski definition) is 1. The molecule has 1 heterocycles. The van der Waals surface area contributed by atoms with Crippen molar-refractivity contribution in [3.63, 3.8) is 0 Å². The zero-order chi connectivity index (χ0) is 14.7. The van der Waals surface area contributed by atoms with Gasteiger partial charge in [0.2, 0.25) is 0 Å². The lowest BCUT2D eigenvalue weighted by atomic mass is 10.2. The summed E-state index contributed by atoms with van der Waals surface area (Å²) in [4.78, 5) is 0. The van der Waals surface area contributed by atoms with Crippen LogP contribution < -0.4 is 5.32 Å². The van der Waals surface area contributed by atoms with Crippen molar-refractivity contribution < 1.29 is 4.39 Å². The van der Waals surface area contributed by atoms with Crippen molar-refractivity contribution in [1.29, 1.82) is 0 Å². The average Bonchev–Trinajstić information content (AvgIpc) is 3.03. The van der Waals surface area contributed by atoms with Gasteiger partial charge in [-0.2, -0.15) is 5.10 Å². The van der Waals surface area contributed by atoms with Crippen LogP contribution in [0.5, 0.6) is 0 Å². The second kappa shape index (κ2) is 6.10. The fourth-order valence-electron chi connectivity index (χ4n) is 2.10. The second-order valence-corrected chi connectivity index (χ2v) is 5.47. The molecule has 0 atom stereocenters. The molecule has 5 heteroatoms. The maximum absolute atomic E-state index is 13.8. The molecule has 0 bridgehead atoms. The van der Waals surface area contributed by atoms with E-state index >= 15 is 0 Å². The van der Waals surface area contributed by atoms with Crippen molar-refractivity contribution in [3.05, 3.63) is 76.8 Å². The molecule has 0 unspecified atom stereocenters. The Balaban J connectivity index is 1.84. The Morgan fingerprint density at radius 3 is 2.81 bits per heavy atom. The van der Waals surface area contributed by atoms with Gasteiger partial charge in [0, 0.05) is 29.0 Å². The van der Waals surface area contributed by atoms with Gasteiger partial charge in [0.1, 0.15) is 5.82 Å². The molecule has 0 spiro atoms. The Morgan fingerprint density at radius 2 is 2.00 bits per heavy atom. The molecule has 0 aliphatic rings. The Kier molecular flexibility index (Phi) is 4.01. The van der Waals surface area contributed by atoms with E-state index in [2.05, 4.69) is 26.3 Å². The second-order valence-electron chi connectivity index (χ2n) is 4.56. The van der Waals surface area contributed by atoms with Crippen LogP contribution in [0.15, 0.2) is 65.4 Å². The van der Waals surface area contributed by atoms with E-state index in [1.54, 1.807) is 23.0 Å². The molecule has 3 aromatic rings.